The zero-order chi connectivity index (χ0) is 21.4. The van der Waals surface area contributed by atoms with Gasteiger partial charge in [0.25, 0.3) is 5.91 Å². The third-order valence-corrected chi connectivity index (χ3v) is 7.14. The van der Waals surface area contributed by atoms with Crippen LogP contribution in [0.15, 0.2) is 54.6 Å². The number of nitrogens with one attached hydrogen (secondary N) is 1. The van der Waals surface area contributed by atoms with E-state index in [4.69, 9.17) is 0 Å². The molecule has 2 atom stereocenters. The van der Waals surface area contributed by atoms with Crippen molar-refractivity contribution in [3.8, 4) is 0 Å². The Morgan fingerprint density at radius 2 is 1.87 bits per heavy atom. The molecule has 5 heteroatoms. The molecule has 0 spiro atoms. The zero-order valence-electron chi connectivity index (χ0n) is 18.1. The first-order chi connectivity index (χ1) is 15.1. The van der Waals surface area contributed by atoms with E-state index in [2.05, 4.69) is 16.8 Å². The molecule has 2 aliphatic rings. The molecule has 0 saturated carbocycles. The van der Waals surface area contributed by atoms with Crippen molar-refractivity contribution in [3.05, 3.63) is 71.7 Å². The van der Waals surface area contributed by atoms with Crippen molar-refractivity contribution in [2.24, 2.45) is 5.92 Å². The van der Waals surface area contributed by atoms with E-state index < -0.39 is 0 Å². The highest BCUT2D eigenvalue weighted by molar-refractivity contribution is 5.98. The number of aromatic amines is 1. The molecule has 5 rings (SSSR count). The number of hydrogen-bond acceptors (Lipinski definition) is 2. The van der Waals surface area contributed by atoms with Gasteiger partial charge in [-0.25, -0.2) is 4.39 Å². The number of amides is 1. The topological polar surface area (TPSA) is 39.3 Å². The van der Waals surface area contributed by atoms with E-state index in [1.165, 1.54) is 18.9 Å². The van der Waals surface area contributed by atoms with Crippen molar-refractivity contribution in [2.45, 2.75) is 51.2 Å². The van der Waals surface area contributed by atoms with Crippen LogP contribution in [0.4, 0.5) is 4.39 Å². The summed E-state index contributed by atoms with van der Waals surface area (Å²) in [4.78, 5) is 21.0. The van der Waals surface area contributed by atoms with Crippen LogP contribution in [0.5, 0.6) is 0 Å². The highest BCUT2D eigenvalue weighted by Crippen LogP contribution is 2.40. The first-order valence-corrected chi connectivity index (χ1v) is 11.5. The Hall–Kier alpha value is -2.66. The predicted octanol–water partition coefficient (Wildman–Crippen LogP) is 5.21. The Labute approximate surface area is 183 Å². The predicted molar refractivity (Wildman–Crippen MR) is 121 cm³/mol. The number of H-pyrrole nitrogens is 1. The van der Waals surface area contributed by atoms with Gasteiger partial charge in [-0.05, 0) is 68.4 Å². The van der Waals surface area contributed by atoms with Gasteiger partial charge < -0.3 is 9.88 Å². The number of fused-ring (bicyclic) bond motifs is 3. The average Bonchev–Trinajstić information content (AvgIpc) is 3.29. The van der Waals surface area contributed by atoms with Gasteiger partial charge in [-0.15, -0.1) is 0 Å². The summed E-state index contributed by atoms with van der Waals surface area (Å²) in [7, 11) is 0. The Morgan fingerprint density at radius 3 is 2.58 bits per heavy atom. The fraction of sp³-hybridized carbons (Fsp3) is 0.423. The van der Waals surface area contributed by atoms with Gasteiger partial charge in [0.1, 0.15) is 11.5 Å². The highest BCUT2D eigenvalue weighted by atomic mass is 19.1. The van der Waals surface area contributed by atoms with E-state index in [-0.39, 0.29) is 11.7 Å². The monoisotopic (exact) mass is 419 g/mol. The molecule has 31 heavy (non-hydrogen) atoms. The molecular weight excluding hydrogens is 389 g/mol. The lowest BCUT2D eigenvalue weighted by molar-refractivity contribution is 0.0588. The molecule has 0 aliphatic carbocycles. The molecule has 2 aromatic carbocycles. The van der Waals surface area contributed by atoms with Crippen LogP contribution in [0.2, 0.25) is 0 Å². The molecule has 0 radical (unpaired) electrons. The number of para-hydroxylation sites is 1. The van der Waals surface area contributed by atoms with E-state index in [9.17, 15) is 9.18 Å². The Bertz CT molecular complexity index is 1030. The van der Waals surface area contributed by atoms with Gasteiger partial charge in [-0.2, -0.15) is 0 Å². The number of benzene rings is 2. The van der Waals surface area contributed by atoms with Gasteiger partial charge in [-0.3, -0.25) is 9.69 Å². The fourth-order valence-corrected chi connectivity index (χ4v) is 5.67. The van der Waals surface area contributed by atoms with E-state index >= 15 is 0 Å². The zero-order valence-corrected chi connectivity index (χ0v) is 18.1. The number of carbonyl (C=O) groups is 1. The van der Waals surface area contributed by atoms with E-state index in [1.54, 1.807) is 12.1 Å². The molecule has 4 nitrogen and oxygen atoms in total. The molecule has 2 fully saturated rings. The normalized spacial score (nSPS) is 23.4. The SMILES string of the molecule is CCN(CC1CC2CCC(C1)N2Cc1cccc(F)c1)C(=O)c1cc2ccccc2[nH]1. The number of aromatic nitrogens is 1. The summed E-state index contributed by atoms with van der Waals surface area (Å²) in [5, 5.41) is 1.07. The van der Waals surface area contributed by atoms with Crippen LogP contribution in [-0.2, 0) is 6.54 Å². The second kappa shape index (κ2) is 8.46. The Kier molecular flexibility index (Phi) is 5.53. The van der Waals surface area contributed by atoms with Gasteiger partial charge in [0.2, 0.25) is 0 Å². The van der Waals surface area contributed by atoms with E-state index in [0.717, 1.165) is 42.4 Å². The van der Waals surface area contributed by atoms with Gasteiger partial charge in [0, 0.05) is 42.6 Å². The number of rotatable bonds is 6. The van der Waals surface area contributed by atoms with E-state index in [1.807, 2.05) is 41.3 Å². The van der Waals surface area contributed by atoms with Crippen molar-refractivity contribution in [1.29, 1.82) is 0 Å². The number of halogens is 1. The third-order valence-electron chi connectivity index (χ3n) is 7.14. The van der Waals surface area contributed by atoms with Crippen LogP contribution in [0, 0.1) is 11.7 Å². The number of nitrogens with zero attached hydrogens (tertiary/aromatic N) is 2. The highest BCUT2D eigenvalue weighted by Gasteiger charge is 2.41. The van der Waals surface area contributed by atoms with Crippen molar-refractivity contribution in [3.63, 3.8) is 0 Å². The molecule has 3 heterocycles. The number of hydrogen-bond donors (Lipinski definition) is 1. The van der Waals surface area contributed by atoms with Gasteiger partial charge in [-0.1, -0.05) is 30.3 Å². The number of piperidine rings is 1. The summed E-state index contributed by atoms with van der Waals surface area (Å²) in [6.07, 6.45) is 4.64. The molecular formula is C26H30FN3O. The summed E-state index contributed by atoms with van der Waals surface area (Å²) in [6.45, 7) is 4.41. The largest absolute Gasteiger partial charge is 0.351 e. The van der Waals surface area contributed by atoms with Gasteiger partial charge in [0.05, 0.1) is 0 Å². The van der Waals surface area contributed by atoms with Crippen molar-refractivity contribution < 1.29 is 9.18 Å². The summed E-state index contributed by atoms with van der Waals surface area (Å²) in [5.74, 6) is 0.455. The van der Waals surface area contributed by atoms with Crippen LogP contribution in [-0.4, -0.2) is 45.9 Å². The van der Waals surface area contributed by atoms with Crippen LogP contribution >= 0.6 is 0 Å². The van der Waals surface area contributed by atoms with Gasteiger partial charge in [0.15, 0.2) is 0 Å². The van der Waals surface area contributed by atoms with Crippen molar-refractivity contribution >= 4 is 16.8 Å². The lowest BCUT2D eigenvalue weighted by atomic mass is 9.89. The smallest absolute Gasteiger partial charge is 0.270 e. The number of carbonyl (C=O) groups excluding carboxylic acids is 1. The molecule has 162 valence electrons. The minimum Gasteiger partial charge on any atom is -0.351 e. The first kappa shape index (κ1) is 20.3. The second-order valence-corrected chi connectivity index (χ2v) is 9.14. The molecule has 2 saturated heterocycles. The maximum atomic E-state index is 13.6. The van der Waals surface area contributed by atoms with Gasteiger partial charge >= 0.3 is 0 Å². The minimum absolute atomic E-state index is 0.0910. The van der Waals surface area contributed by atoms with Crippen molar-refractivity contribution in [1.82, 2.24) is 14.8 Å². The van der Waals surface area contributed by atoms with Crippen LogP contribution < -0.4 is 0 Å². The summed E-state index contributed by atoms with van der Waals surface area (Å²) >= 11 is 0. The Morgan fingerprint density at radius 1 is 1.10 bits per heavy atom. The average molecular weight is 420 g/mol. The molecule has 2 aliphatic heterocycles. The summed E-state index contributed by atoms with van der Waals surface area (Å²) in [6, 6.07) is 18.0. The minimum atomic E-state index is -0.159. The Balaban J connectivity index is 1.24. The van der Waals surface area contributed by atoms with Crippen molar-refractivity contribution in [2.75, 3.05) is 13.1 Å². The molecule has 1 aromatic heterocycles. The quantitative estimate of drug-likeness (QED) is 0.596. The first-order valence-electron chi connectivity index (χ1n) is 11.5. The van der Waals surface area contributed by atoms with Crippen LogP contribution in [0.3, 0.4) is 0 Å². The maximum absolute atomic E-state index is 13.6. The molecule has 3 aromatic rings. The lowest BCUT2D eigenvalue weighted by Crippen LogP contribution is -2.46. The summed E-state index contributed by atoms with van der Waals surface area (Å²) in [5.41, 5.74) is 2.74. The fourth-order valence-electron chi connectivity index (χ4n) is 5.67. The third kappa shape index (κ3) is 4.11. The molecule has 2 unspecified atom stereocenters. The summed E-state index contributed by atoms with van der Waals surface area (Å²) < 4.78 is 13.6. The maximum Gasteiger partial charge on any atom is 0.270 e. The molecule has 1 amide bonds. The van der Waals surface area contributed by atoms with Crippen LogP contribution in [0.25, 0.3) is 10.9 Å². The van der Waals surface area contributed by atoms with E-state index in [0.29, 0.717) is 30.2 Å². The van der Waals surface area contributed by atoms with Crippen LogP contribution in [0.1, 0.15) is 48.7 Å². The molecule has 2 bridgehead atoms. The molecule has 1 N–H and O–H groups in total. The second-order valence-electron chi connectivity index (χ2n) is 9.14. The lowest BCUT2D eigenvalue weighted by Gasteiger charge is -2.40. The standard InChI is InChI=1S/C26H30FN3O/c1-2-29(26(31)25-15-20-7-3-4-9-24(20)28-25)16-19-13-22-10-11-23(14-19)30(22)17-18-6-5-8-21(27)12-18/h3-9,12,15,19,22-23,28H,2,10-11,13-14,16-17H2,1H3.